The van der Waals surface area contributed by atoms with E-state index in [9.17, 15) is 9.59 Å². The normalized spacial score (nSPS) is 10.7. The fourth-order valence-corrected chi connectivity index (χ4v) is 2.56. The number of rotatable bonds is 6. The van der Waals surface area contributed by atoms with Crippen molar-refractivity contribution in [1.29, 1.82) is 0 Å². The molecule has 0 saturated carbocycles. The maximum atomic E-state index is 12.1. The summed E-state index contributed by atoms with van der Waals surface area (Å²) in [7, 11) is 0. The fraction of sp³-hybridized carbons (Fsp3) is 0.158. The average Bonchev–Trinajstić information content (AvgIpc) is 3.18. The summed E-state index contributed by atoms with van der Waals surface area (Å²) in [6.45, 7) is 1.98. The van der Waals surface area contributed by atoms with Gasteiger partial charge in [-0.05, 0) is 31.2 Å². The Labute approximate surface area is 170 Å². The van der Waals surface area contributed by atoms with Crippen molar-refractivity contribution in [1.82, 2.24) is 10.1 Å². The summed E-state index contributed by atoms with van der Waals surface area (Å²) in [6, 6.07) is 11.8. The monoisotopic (exact) mass is 419 g/mol. The third-order valence-corrected chi connectivity index (χ3v) is 4.07. The minimum absolute atomic E-state index is 0.251. The molecule has 144 valence electrons. The van der Waals surface area contributed by atoms with Crippen LogP contribution in [0.15, 0.2) is 53.2 Å². The molecule has 0 aliphatic carbocycles. The summed E-state index contributed by atoms with van der Waals surface area (Å²) in [5.41, 5.74) is 2.19. The van der Waals surface area contributed by atoms with E-state index in [4.69, 9.17) is 32.5 Å². The number of esters is 1. The second-order valence-electron chi connectivity index (χ2n) is 5.57. The Balaban J connectivity index is 1.90. The van der Waals surface area contributed by atoms with Gasteiger partial charge in [0.05, 0.1) is 12.2 Å². The molecule has 0 spiro atoms. The third kappa shape index (κ3) is 4.49. The molecule has 0 aliphatic heterocycles. The number of pyridine rings is 1. The number of anilines is 1. The quantitative estimate of drug-likeness (QED) is 0.472. The van der Waals surface area contributed by atoms with Crippen molar-refractivity contribution in [3.63, 3.8) is 0 Å². The standard InChI is InChI=1S/C19H15Cl2N3O4/c1-2-27-19(26)13-7-4-8-22-16(13)14-10-15(28-24-14)11-5-3-6-12(9-11)23-18(25)17(20)21/h3-10,17H,2H2,1H3,(H,23,25). The van der Waals surface area contributed by atoms with Gasteiger partial charge in [-0.15, -0.1) is 0 Å². The first-order chi connectivity index (χ1) is 13.5. The van der Waals surface area contributed by atoms with Crippen LogP contribution in [0.3, 0.4) is 0 Å². The Morgan fingerprint density at radius 2 is 2.04 bits per heavy atom. The van der Waals surface area contributed by atoms with E-state index < -0.39 is 16.7 Å². The molecule has 7 nitrogen and oxygen atoms in total. The van der Waals surface area contributed by atoms with Gasteiger partial charge in [0, 0.05) is 23.5 Å². The highest BCUT2D eigenvalue weighted by Gasteiger charge is 2.19. The highest BCUT2D eigenvalue weighted by Crippen LogP contribution is 2.28. The number of alkyl halides is 2. The summed E-state index contributed by atoms with van der Waals surface area (Å²) in [6.07, 6.45) is 1.55. The molecule has 1 amide bonds. The van der Waals surface area contributed by atoms with Crippen molar-refractivity contribution in [2.75, 3.05) is 11.9 Å². The number of hydrogen-bond donors (Lipinski definition) is 1. The Morgan fingerprint density at radius 1 is 1.21 bits per heavy atom. The Morgan fingerprint density at radius 3 is 2.79 bits per heavy atom. The minimum Gasteiger partial charge on any atom is -0.462 e. The van der Waals surface area contributed by atoms with E-state index >= 15 is 0 Å². The Kier molecular flexibility index (Phi) is 6.28. The van der Waals surface area contributed by atoms with Crippen LogP contribution in [0.4, 0.5) is 5.69 Å². The van der Waals surface area contributed by atoms with Gasteiger partial charge >= 0.3 is 5.97 Å². The van der Waals surface area contributed by atoms with Gasteiger partial charge in [0.2, 0.25) is 0 Å². The van der Waals surface area contributed by atoms with Crippen LogP contribution in [0.5, 0.6) is 0 Å². The summed E-state index contributed by atoms with van der Waals surface area (Å²) in [4.78, 5) is 26.8. The molecule has 3 rings (SSSR count). The molecule has 0 fully saturated rings. The molecule has 0 bridgehead atoms. The molecule has 28 heavy (non-hydrogen) atoms. The molecule has 2 aromatic heterocycles. The highest BCUT2D eigenvalue weighted by atomic mass is 35.5. The van der Waals surface area contributed by atoms with Crippen LogP contribution in [0.1, 0.15) is 17.3 Å². The molecule has 1 N–H and O–H groups in total. The van der Waals surface area contributed by atoms with Crippen LogP contribution >= 0.6 is 23.2 Å². The van der Waals surface area contributed by atoms with Gasteiger partial charge < -0.3 is 14.6 Å². The number of carbonyl (C=O) groups is 2. The molecule has 0 atom stereocenters. The summed E-state index contributed by atoms with van der Waals surface area (Å²) in [5, 5.41) is 6.60. The molecular formula is C19H15Cl2N3O4. The number of carbonyl (C=O) groups excluding carboxylic acids is 2. The Hall–Kier alpha value is -2.90. The van der Waals surface area contributed by atoms with E-state index in [0.717, 1.165) is 0 Å². The topological polar surface area (TPSA) is 94.3 Å². The van der Waals surface area contributed by atoms with Gasteiger partial charge in [-0.2, -0.15) is 0 Å². The zero-order valence-electron chi connectivity index (χ0n) is 14.7. The number of amides is 1. The van der Waals surface area contributed by atoms with Crippen LogP contribution in [-0.4, -0.2) is 33.5 Å². The number of nitrogens with one attached hydrogen (secondary N) is 1. The largest absolute Gasteiger partial charge is 0.462 e. The lowest BCUT2D eigenvalue weighted by Gasteiger charge is -2.06. The summed E-state index contributed by atoms with van der Waals surface area (Å²) >= 11 is 11.1. The first kappa shape index (κ1) is 19.9. The van der Waals surface area contributed by atoms with Gasteiger partial charge in [0.15, 0.2) is 10.6 Å². The van der Waals surface area contributed by atoms with Crippen LogP contribution < -0.4 is 5.32 Å². The molecule has 0 unspecified atom stereocenters. The SMILES string of the molecule is CCOC(=O)c1cccnc1-c1cc(-c2cccc(NC(=O)C(Cl)Cl)c2)on1. The predicted molar refractivity (Wildman–Crippen MR) is 105 cm³/mol. The molecular weight excluding hydrogens is 405 g/mol. The molecule has 0 radical (unpaired) electrons. The average molecular weight is 420 g/mol. The molecule has 1 aromatic carbocycles. The van der Waals surface area contributed by atoms with Gasteiger partial charge in [-0.3, -0.25) is 9.78 Å². The van der Waals surface area contributed by atoms with Gasteiger partial charge in [-0.25, -0.2) is 4.79 Å². The van der Waals surface area contributed by atoms with Crippen molar-refractivity contribution in [2.45, 2.75) is 11.8 Å². The number of aromatic nitrogens is 2. The van der Waals surface area contributed by atoms with Crippen molar-refractivity contribution in [2.24, 2.45) is 0 Å². The lowest BCUT2D eigenvalue weighted by molar-refractivity contribution is -0.114. The third-order valence-electron chi connectivity index (χ3n) is 3.67. The number of ether oxygens (including phenoxy) is 1. The van der Waals surface area contributed by atoms with E-state index in [1.165, 1.54) is 0 Å². The van der Waals surface area contributed by atoms with Gasteiger partial charge in [-0.1, -0.05) is 40.5 Å². The number of hydrogen-bond acceptors (Lipinski definition) is 6. The maximum Gasteiger partial charge on any atom is 0.340 e. The summed E-state index contributed by atoms with van der Waals surface area (Å²) in [5.74, 6) is -0.595. The van der Waals surface area contributed by atoms with E-state index in [-0.39, 0.29) is 6.61 Å². The van der Waals surface area contributed by atoms with Crippen LogP contribution in [-0.2, 0) is 9.53 Å². The summed E-state index contributed by atoms with van der Waals surface area (Å²) < 4.78 is 10.5. The number of benzene rings is 1. The fourth-order valence-electron chi connectivity index (χ4n) is 2.45. The minimum atomic E-state index is -1.18. The second-order valence-corrected chi connectivity index (χ2v) is 6.66. The molecule has 9 heteroatoms. The van der Waals surface area contributed by atoms with E-state index in [1.54, 1.807) is 55.6 Å². The van der Waals surface area contributed by atoms with Gasteiger partial charge in [0.25, 0.3) is 5.91 Å². The first-order valence-electron chi connectivity index (χ1n) is 8.28. The van der Waals surface area contributed by atoms with E-state index in [1.807, 2.05) is 0 Å². The lowest BCUT2D eigenvalue weighted by Crippen LogP contribution is -2.18. The highest BCUT2D eigenvalue weighted by molar-refractivity contribution is 6.54. The van der Waals surface area contributed by atoms with E-state index in [0.29, 0.717) is 34.0 Å². The van der Waals surface area contributed by atoms with Crippen LogP contribution in [0.2, 0.25) is 0 Å². The predicted octanol–water partition coefficient (Wildman–Crippen LogP) is 4.32. The molecule has 3 aromatic rings. The first-order valence-corrected chi connectivity index (χ1v) is 9.15. The van der Waals surface area contributed by atoms with Crippen molar-refractivity contribution >= 4 is 40.8 Å². The van der Waals surface area contributed by atoms with Crippen molar-refractivity contribution in [3.05, 3.63) is 54.2 Å². The van der Waals surface area contributed by atoms with Crippen molar-refractivity contribution in [3.8, 4) is 22.7 Å². The zero-order valence-corrected chi connectivity index (χ0v) is 16.2. The molecule has 0 saturated heterocycles. The molecule has 0 aliphatic rings. The lowest BCUT2D eigenvalue weighted by atomic mass is 10.1. The smallest absolute Gasteiger partial charge is 0.340 e. The van der Waals surface area contributed by atoms with Gasteiger partial charge in [0.1, 0.15) is 11.4 Å². The van der Waals surface area contributed by atoms with Crippen molar-refractivity contribution < 1.29 is 18.8 Å². The second kappa shape index (κ2) is 8.86. The van der Waals surface area contributed by atoms with E-state index in [2.05, 4.69) is 15.5 Å². The maximum absolute atomic E-state index is 12.1. The van der Waals surface area contributed by atoms with Crippen LogP contribution in [0, 0.1) is 0 Å². The zero-order chi connectivity index (χ0) is 20.1. The number of nitrogens with zero attached hydrogens (tertiary/aromatic N) is 2. The van der Waals surface area contributed by atoms with Crippen LogP contribution in [0.25, 0.3) is 22.7 Å². The molecule has 2 heterocycles. The Bertz CT molecular complexity index is 1000. The number of halogens is 2.